The number of aromatic nitrogens is 2. The van der Waals surface area contributed by atoms with Crippen LogP contribution >= 0.6 is 11.6 Å². The van der Waals surface area contributed by atoms with Gasteiger partial charge < -0.3 is 5.32 Å². The molecule has 1 heterocycles. The summed E-state index contributed by atoms with van der Waals surface area (Å²) < 4.78 is 0. The second-order valence-electron chi connectivity index (χ2n) is 5.62. The number of benzene rings is 2. The number of rotatable bonds is 5. The van der Waals surface area contributed by atoms with E-state index in [1.807, 2.05) is 61.5 Å². The summed E-state index contributed by atoms with van der Waals surface area (Å²) in [4.78, 5) is 19.7. The third-order valence-electron chi connectivity index (χ3n) is 3.82. The van der Waals surface area contributed by atoms with Gasteiger partial charge in [-0.3, -0.25) is 9.78 Å². The molecule has 0 aliphatic rings. The number of aryl methyl sites for hydroxylation is 1. The van der Waals surface area contributed by atoms with E-state index in [0.29, 0.717) is 29.5 Å². The highest BCUT2D eigenvalue weighted by Crippen LogP contribution is 2.12. The van der Waals surface area contributed by atoms with Crippen molar-refractivity contribution in [2.75, 3.05) is 5.32 Å². The van der Waals surface area contributed by atoms with Crippen LogP contribution in [0.1, 0.15) is 22.4 Å². The van der Waals surface area contributed by atoms with Gasteiger partial charge in [-0.05, 0) is 30.2 Å². The van der Waals surface area contributed by atoms with Crippen molar-refractivity contribution in [2.45, 2.75) is 19.9 Å². The van der Waals surface area contributed by atoms with Gasteiger partial charge in [-0.15, -0.1) is 0 Å². The number of aromatic amines is 1. The number of halogens is 1. The van der Waals surface area contributed by atoms with Crippen LogP contribution in [0.4, 0.5) is 5.95 Å². The van der Waals surface area contributed by atoms with Crippen LogP contribution < -0.4 is 10.9 Å². The van der Waals surface area contributed by atoms with Crippen LogP contribution in [0.2, 0.25) is 5.02 Å². The Balaban J connectivity index is 1.74. The summed E-state index contributed by atoms with van der Waals surface area (Å²) in [6.07, 6.45) is 0.576. The SMILES string of the molecule is Cc1nc(NCc2ccc(Cl)cc2)[nH]c(=O)c1Cc1ccccc1. The Hall–Kier alpha value is -2.59. The second-order valence-corrected chi connectivity index (χ2v) is 6.06. The van der Waals surface area contributed by atoms with Crippen LogP contribution in [0.15, 0.2) is 59.4 Å². The monoisotopic (exact) mass is 339 g/mol. The summed E-state index contributed by atoms with van der Waals surface area (Å²) >= 11 is 5.87. The topological polar surface area (TPSA) is 57.8 Å². The van der Waals surface area contributed by atoms with Crippen molar-refractivity contribution < 1.29 is 0 Å². The molecule has 24 heavy (non-hydrogen) atoms. The highest BCUT2D eigenvalue weighted by molar-refractivity contribution is 6.30. The van der Waals surface area contributed by atoms with Gasteiger partial charge in [0.1, 0.15) is 0 Å². The van der Waals surface area contributed by atoms with Gasteiger partial charge in [0.2, 0.25) is 5.95 Å². The van der Waals surface area contributed by atoms with Crippen molar-refractivity contribution in [3.63, 3.8) is 0 Å². The number of H-pyrrole nitrogens is 1. The first-order valence-electron chi connectivity index (χ1n) is 7.74. The van der Waals surface area contributed by atoms with Crippen molar-refractivity contribution in [3.8, 4) is 0 Å². The van der Waals surface area contributed by atoms with E-state index in [1.165, 1.54) is 0 Å². The summed E-state index contributed by atoms with van der Waals surface area (Å²) in [5.74, 6) is 0.476. The molecule has 2 aromatic carbocycles. The van der Waals surface area contributed by atoms with Gasteiger partial charge in [-0.25, -0.2) is 4.98 Å². The molecule has 2 N–H and O–H groups in total. The van der Waals surface area contributed by atoms with E-state index >= 15 is 0 Å². The molecule has 0 radical (unpaired) electrons. The van der Waals surface area contributed by atoms with Gasteiger partial charge in [-0.1, -0.05) is 54.1 Å². The molecule has 5 heteroatoms. The van der Waals surface area contributed by atoms with Gasteiger partial charge in [0, 0.05) is 23.6 Å². The third kappa shape index (κ3) is 4.03. The zero-order chi connectivity index (χ0) is 16.9. The van der Waals surface area contributed by atoms with Crippen molar-refractivity contribution in [1.29, 1.82) is 0 Å². The summed E-state index contributed by atoms with van der Waals surface area (Å²) in [5.41, 5.74) is 3.48. The molecule has 0 bridgehead atoms. The highest BCUT2D eigenvalue weighted by atomic mass is 35.5. The highest BCUT2D eigenvalue weighted by Gasteiger charge is 2.09. The van der Waals surface area contributed by atoms with E-state index < -0.39 is 0 Å². The maximum Gasteiger partial charge on any atom is 0.256 e. The minimum Gasteiger partial charge on any atom is -0.352 e. The lowest BCUT2D eigenvalue weighted by atomic mass is 10.1. The first-order valence-corrected chi connectivity index (χ1v) is 8.11. The Morgan fingerprint density at radius 1 is 1.04 bits per heavy atom. The molecule has 0 aliphatic carbocycles. The fourth-order valence-corrected chi connectivity index (χ4v) is 2.62. The molecule has 3 rings (SSSR count). The van der Waals surface area contributed by atoms with Gasteiger partial charge in [-0.2, -0.15) is 0 Å². The fraction of sp³-hybridized carbons (Fsp3) is 0.158. The summed E-state index contributed by atoms with van der Waals surface area (Å²) in [5, 5.41) is 3.84. The van der Waals surface area contributed by atoms with E-state index in [9.17, 15) is 4.79 Å². The molecule has 0 saturated heterocycles. The standard InChI is InChI=1S/C19H18ClN3O/c1-13-17(11-14-5-3-2-4-6-14)18(24)23-19(22-13)21-12-15-7-9-16(20)10-8-15/h2-10H,11-12H2,1H3,(H2,21,22,23,24). The van der Waals surface area contributed by atoms with Gasteiger partial charge in [0.05, 0.1) is 5.69 Å². The maximum absolute atomic E-state index is 12.4. The predicted molar refractivity (Wildman–Crippen MR) is 97.6 cm³/mol. The number of nitrogens with zero attached hydrogens (tertiary/aromatic N) is 1. The van der Waals surface area contributed by atoms with E-state index in [1.54, 1.807) is 0 Å². The average molecular weight is 340 g/mol. The summed E-state index contributed by atoms with van der Waals surface area (Å²) in [7, 11) is 0. The van der Waals surface area contributed by atoms with Crippen LogP contribution in [0.5, 0.6) is 0 Å². The molecular formula is C19H18ClN3O. The number of anilines is 1. The largest absolute Gasteiger partial charge is 0.352 e. The summed E-state index contributed by atoms with van der Waals surface area (Å²) in [6, 6.07) is 17.4. The van der Waals surface area contributed by atoms with E-state index in [-0.39, 0.29) is 5.56 Å². The first-order chi connectivity index (χ1) is 11.6. The molecule has 1 aromatic heterocycles. The van der Waals surface area contributed by atoms with Crippen LogP contribution in [0.3, 0.4) is 0 Å². The zero-order valence-electron chi connectivity index (χ0n) is 13.3. The Morgan fingerprint density at radius 3 is 2.42 bits per heavy atom. The predicted octanol–water partition coefficient (Wildman–Crippen LogP) is 3.93. The normalized spacial score (nSPS) is 10.6. The molecule has 0 aliphatic heterocycles. The molecular weight excluding hydrogens is 322 g/mol. The van der Waals surface area contributed by atoms with Crippen molar-refractivity contribution >= 4 is 17.5 Å². The molecule has 3 aromatic rings. The third-order valence-corrected chi connectivity index (χ3v) is 4.07. The van der Waals surface area contributed by atoms with Crippen LogP contribution in [0, 0.1) is 6.92 Å². The average Bonchev–Trinajstić information content (AvgIpc) is 2.58. The Morgan fingerprint density at radius 2 is 1.75 bits per heavy atom. The Bertz CT molecular complexity index is 873. The van der Waals surface area contributed by atoms with Crippen molar-refractivity contribution in [2.24, 2.45) is 0 Å². The molecule has 0 unspecified atom stereocenters. The van der Waals surface area contributed by atoms with Crippen LogP contribution in [-0.4, -0.2) is 9.97 Å². The molecule has 122 valence electrons. The van der Waals surface area contributed by atoms with Crippen molar-refractivity contribution in [3.05, 3.63) is 92.4 Å². The zero-order valence-corrected chi connectivity index (χ0v) is 14.1. The Kier molecular flexibility index (Phi) is 4.96. The quantitative estimate of drug-likeness (QED) is 0.740. The lowest BCUT2D eigenvalue weighted by Crippen LogP contribution is -2.19. The van der Waals surface area contributed by atoms with Gasteiger partial charge in [0.25, 0.3) is 5.56 Å². The molecule has 0 atom stereocenters. The number of hydrogen-bond acceptors (Lipinski definition) is 3. The minimum atomic E-state index is -0.107. The van der Waals surface area contributed by atoms with E-state index in [2.05, 4.69) is 15.3 Å². The second kappa shape index (κ2) is 7.32. The molecule has 0 amide bonds. The molecule has 0 fully saturated rings. The lowest BCUT2D eigenvalue weighted by Gasteiger charge is -2.09. The lowest BCUT2D eigenvalue weighted by molar-refractivity contribution is 0.958. The van der Waals surface area contributed by atoms with Crippen LogP contribution in [-0.2, 0) is 13.0 Å². The van der Waals surface area contributed by atoms with Gasteiger partial charge in [0.15, 0.2) is 0 Å². The van der Waals surface area contributed by atoms with E-state index in [0.717, 1.165) is 16.8 Å². The van der Waals surface area contributed by atoms with Crippen LogP contribution in [0.25, 0.3) is 0 Å². The maximum atomic E-state index is 12.4. The number of nitrogens with one attached hydrogen (secondary N) is 2. The first kappa shape index (κ1) is 16.3. The van der Waals surface area contributed by atoms with E-state index in [4.69, 9.17) is 11.6 Å². The molecule has 0 saturated carbocycles. The summed E-state index contributed by atoms with van der Waals surface area (Å²) in [6.45, 7) is 2.43. The molecule has 0 spiro atoms. The number of hydrogen-bond donors (Lipinski definition) is 2. The van der Waals surface area contributed by atoms with Gasteiger partial charge >= 0.3 is 0 Å². The van der Waals surface area contributed by atoms with Crippen molar-refractivity contribution in [1.82, 2.24) is 9.97 Å². The Labute approximate surface area is 145 Å². The minimum absolute atomic E-state index is 0.107. The molecule has 4 nitrogen and oxygen atoms in total. The smallest absolute Gasteiger partial charge is 0.256 e. The fourth-order valence-electron chi connectivity index (χ4n) is 2.49.